The summed E-state index contributed by atoms with van der Waals surface area (Å²) < 4.78 is 7.45. The molecule has 2 rings (SSSR count). The third kappa shape index (κ3) is 2.76. The Hall–Kier alpha value is -1.69. The van der Waals surface area contributed by atoms with Gasteiger partial charge in [0.05, 0.1) is 23.7 Å². The molecule has 6 heteroatoms. The SMILES string of the molecule is COc1ccc(C(=O)Cc2cn(C)nn2)cc1Br. The number of hydrogen-bond donors (Lipinski definition) is 0. The largest absolute Gasteiger partial charge is 0.496 e. The van der Waals surface area contributed by atoms with Crippen LogP contribution in [0.2, 0.25) is 0 Å². The van der Waals surface area contributed by atoms with Gasteiger partial charge in [0.1, 0.15) is 5.75 Å². The van der Waals surface area contributed by atoms with Crippen molar-refractivity contribution >= 4 is 21.7 Å². The molecule has 1 aromatic carbocycles. The summed E-state index contributed by atoms with van der Waals surface area (Å²) in [4.78, 5) is 12.0. The molecular weight excluding hydrogens is 298 g/mol. The predicted molar refractivity (Wildman–Crippen MR) is 69.7 cm³/mol. The van der Waals surface area contributed by atoms with Crippen LogP contribution >= 0.6 is 15.9 Å². The van der Waals surface area contributed by atoms with E-state index in [1.54, 1.807) is 43.2 Å². The van der Waals surface area contributed by atoms with Crippen LogP contribution in [0.5, 0.6) is 5.75 Å². The Morgan fingerprint density at radius 3 is 2.83 bits per heavy atom. The van der Waals surface area contributed by atoms with Gasteiger partial charge < -0.3 is 4.74 Å². The van der Waals surface area contributed by atoms with Crippen molar-refractivity contribution in [1.29, 1.82) is 0 Å². The molecule has 1 aromatic heterocycles. The molecule has 0 spiro atoms. The molecule has 5 nitrogen and oxygen atoms in total. The highest BCUT2D eigenvalue weighted by molar-refractivity contribution is 9.10. The van der Waals surface area contributed by atoms with Crippen LogP contribution in [0.25, 0.3) is 0 Å². The van der Waals surface area contributed by atoms with Crippen LogP contribution in [0.15, 0.2) is 28.9 Å². The fraction of sp³-hybridized carbons (Fsp3) is 0.250. The summed E-state index contributed by atoms with van der Waals surface area (Å²) >= 11 is 3.36. The van der Waals surface area contributed by atoms with E-state index in [-0.39, 0.29) is 12.2 Å². The lowest BCUT2D eigenvalue weighted by Crippen LogP contribution is -2.04. The maximum absolute atomic E-state index is 12.0. The molecule has 1 heterocycles. The number of carbonyl (C=O) groups is 1. The average Bonchev–Trinajstić information content (AvgIpc) is 2.74. The molecule has 0 saturated heterocycles. The van der Waals surface area contributed by atoms with Crippen molar-refractivity contribution in [1.82, 2.24) is 15.0 Å². The number of methoxy groups -OCH3 is 1. The smallest absolute Gasteiger partial charge is 0.168 e. The Bertz CT molecular complexity index is 580. The zero-order valence-electron chi connectivity index (χ0n) is 10.1. The highest BCUT2D eigenvalue weighted by atomic mass is 79.9. The van der Waals surface area contributed by atoms with Gasteiger partial charge in [-0.3, -0.25) is 9.48 Å². The van der Waals surface area contributed by atoms with Crippen molar-refractivity contribution in [3.63, 3.8) is 0 Å². The molecule has 0 bridgehead atoms. The minimum Gasteiger partial charge on any atom is -0.496 e. The van der Waals surface area contributed by atoms with E-state index < -0.39 is 0 Å². The van der Waals surface area contributed by atoms with E-state index in [0.717, 1.165) is 4.47 Å². The van der Waals surface area contributed by atoms with Gasteiger partial charge in [0.25, 0.3) is 0 Å². The highest BCUT2D eigenvalue weighted by Gasteiger charge is 2.11. The summed E-state index contributed by atoms with van der Waals surface area (Å²) in [6, 6.07) is 5.24. The van der Waals surface area contributed by atoms with Gasteiger partial charge in [0.15, 0.2) is 5.78 Å². The predicted octanol–water partition coefficient (Wildman–Crippen LogP) is 2.01. The number of ketones is 1. The number of halogens is 1. The summed E-state index contributed by atoms with van der Waals surface area (Å²) in [6.45, 7) is 0. The number of aromatic nitrogens is 3. The van der Waals surface area contributed by atoms with Crippen LogP contribution in [0.4, 0.5) is 0 Å². The molecule has 0 aliphatic heterocycles. The summed E-state index contributed by atoms with van der Waals surface area (Å²) in [7, 11) is 3.35. The summed E-state index contributed by atoms with van der Waals surface area (Å²) in [5.74, 6) is 0.699. The fourth-order valence-electron chi connectivity index (χ4n) is 1.58. The molecule has 18 heavy (non-hydrogen) atoms. The molecule has 0 atom stereocenters. The van der Waals surface area contributed by atoms with Gasteiger partial charge in [-0.05, 0) is 34.1 Å². The first-order chi connectivity index (χ1) is 8.60. The van der Waals surface area contributed by atoms with Crippen molar-refractivity contribution in [2.75, 3.05) is 7.11 Å². The zero-order chi connectivity index (χ0) is 13.1. The maximum Gasteiger partial charge on any atom is 0.168 e. The highest BCUT2D eigenvalue weighted by Crippen LogP contribution is 2.25. The van der Waals surface area contributed by atoms with Gasteiger partial charge in [-0.15, -0.1) is 5.10 Å². The van der Waals surface area contributed by atoms with Crippen molar-refractivity contribution in [2.24, 2.45) is 7.05 Å². The molecule has 0 N–H and O–H groups in total. The van der Waals surface area contributed by atoms with Crippen LogP contribution in [-0.4, -0.2) is 27.9 Å². The van der Waals surface area contributed by atoms with E-state index >= 15 is 0 Å². The standard InChI is InChI=1S/C12H12BrN3O2/c1-16-7-9(14-15-16)6-11(17)8-3-4-12(18-2)10(13)5-8/h3-5,7H,6H2,1-2H3. The maximum atomic E-state index is 12.0. The molecule has 94 valence electrons. The van der Waals surface area contributed by atoms with E-state index in [0.29, 0.717) is 17.0 Å². The minimum absolute atomic E-state index is 0.00106. The molecule has 0 amide bonds. The van der Waals surface area contributed by atoms with Gasteiger partial charge in [0.2, 0.25) is 0 Å². The molecule has 2 aromatic rings. The Kier molecular flexibility index (Phi) is 3.76. The number of ether oxygens (including phenoxy) is 1. The number of rotatable bonds is 4. The normalized spacial score (nSPS) is 10.4. The van der Waals surface area contributed by atoms with Gasteiger partial charge in [0, 0.05) is 18.8 Å². The van der Waals surface area contributed by atoms with Crippen molar-refractivity contribution in [2.45, 2.75) is 6.42 Å². The van der Waals surface area contributed by atoms with Crippen LogP contribution < -0.4 is 4.74 Å². The van der Waals surface area contributed by atoms with E-state index in [9.17, 15) is 4.79 Å². The Balaban J connectivity index is 2.16. The summed E-state index contributed by atoms with van der Waals surface area (Å²) in [5, 5.41) is 7.69. The zero-order valence-corrected chi connectivity index (χ0v) is 11.6. The van der Waals surface area contributed by atoms with Crippen molar-refractivity contribution in [3.8, 4) is 5.75 Å². The molecule has 0 radical (unpaired) electrons. The van der Waals surface area contributed by atoms with E-state index in [2.05, 4.69) is 26.2 Å². The second-order valence-electron chi connectivity index (χ2n) is 3.83. The fourth-order valence-corrected chi connectivity index (χ4v) is 2.12. The lowest BCUT2D eigenvalue weighted by atomic mass is 10.1. The second kappa shape index (κ2) is 5.30. The quantitative estimate of drug-likeness (QED) is 0.811. The first-order valence-electron chi connectivity index (χ1n) is 5.32. The number of nitrogens with zero attached hydrogens (tertiary/aromatic N) is 3. The molecule has 0 saturated carbocycles. The lowest BCUT2D eigenvalue weighted by Gasteiger charge is -2.04. The summed E-state index contributed by atoms with van der Waals surface area (Å²) in [6.07, 6.45) is 1.98. The number of hydrogen-bond acceptors (Lipinski definition) is 4. The van der Waals surface area contributed by atoms with Crippen molar-refractivity contribution < 1.29 is 9.53 Å². The lowest BCUT2D eigenvalue weighted by molar-refractivity contribution is 0.0992. The Labute approximate surface area is 113 Å². The molecular formula is C12H12BrN3O2. The third-order valence-corrected chi connectivity index (χ3v) is 3.09. The van der Waals surface area contributed by atoms with Crippen LogP contribution in [0, 0.1) is 0 Å². The third-order valence-electron chi connectivity index (χ3n) is 2.47. The van der Waals surface area contributed by atoms with E-state index in [1.807, 2.05) is 0 Å². The van der Waals surface area contributed by atoms with E-state index in [4.69, 9.17) is 4.74 Å². The molecule has 0 aliphatic carbocycles. The summed E-state index contributed by atoms with van der Waals surface area (Å²) in [5.41, 5.74) is 1.28. The number of aryl methyl sites for hydroxylation is 1. The van der Waals surface area contributed by atoms with Crippen LogP contribution in [0.1, 0.15) is 16.1 Å². The van der Waals surface area contributed by atoms with E-state index in [1.165, 1.54) is 0 Å². The Morgan fingerprint density at radius 1 is 1.50 bits per heavy atom. The minimum atomic E-state index is -0.00106. The average molecular weight is 310 g/mol. The van der Waals surface area contributed by atoms with Gasteiger partial charge >= 0.3 is 0 Å². The molecule has 0 aliphatic rings. The monoisotopic (exact) mass is 309 g/mol. The Morgan fingerprint density at radius 2 is 2.28 bits per heavy atom. The van der Waals surface area contributed by atoms with Crippen molar-refractivity contribution in [3.05, 3.63) is 40.1 Å². The first kappa shape index (κ1) is 12.8. The van der Waals surface area contributed by atoms with Gasteiger partial charge in [-0.2, -0.15) is 0 Å². The van der Waals surface area contributed by atoms with Gasteiger partial charge in [-0.1, -0.05) is 5.21 Å². The topological polar surface area (TPSA) is 57.0 Å². The number of Topliss-reactive ketones (excluding diaryl/α,β-unsaturated/α-hetero) is 1. The van der Waals surface area contributed by atoms with Crippen LogP contribution in [-0.2, 0) is 13.5 Å². The molecule has 0 unspecified atom stereocenters. The number of benzene rings is 1. The first-order valence-corrected chi connectivity index (χ1v) is 6.11. The second-order valence-corrected chi connectivity index (χ2v) is 4.69. The van der Waals surface area contributed by atoms with Crippen LogP contribution in [0.3, 0.4) is 0 Å². The molecule has 0 fully saturated rings. The van der Waals surface area contributed by atoms with Gasteiger partial charge in [-0.25, -0.2) is 0 Å². The number of carbonyl (C=O) groups excluding carboxylic acids is 1.